The third-order valence-electron chi connectivity index (χ3n) is 6.06. The maximum atomic E-state index is 10.7. The van der Waals surface area contributed by atoms with Gasteiger partial charge in [-0.3, -0.25) is 4.98 Å². The van der Waals surface area contributed by atoms with Crippen LogP contribution in [0.25, 0.3) is 17.3 Å². The number of imidazole rings is 1. The summed E-state index contributed by atoms with van der Waals surface area (Å²) in [5.41, 5.74) is 6.24. The highest BCUT2D eigenvalue weighted by atomic mass is 16.6. The first-order valence-corrected chi connectivity index (χ1v) is 10.2. The summed E-state index contributed by atoms with van der Waals surface area (Å²) in [5.74, 6) is 1.30. The highest BCUT2D eigenvalue weighted by Gasteiger charge is 2.26. The zero-order chi connectivity index (χ0) is 20.1. The van der Waals surface area contributed by atoms with Gasteiger partial charge in [0.1, 0.15) is 5.75 Å². The second-order valence-corrected chi connectivity index (χ2v) is 8.27. The number of aromatic nitrogens is 3. The Morgan fingerprint density at radius 2 is 1.90 bits per heavy atom. The van der Waals surface area contributed by atoms with Crippen LogP contribution in [0.1, 0.15) is 47.0 Å². The van der Waals surface area contributed by atoms with Crippen LogP contribution in [0, 0.1) is 13.8 Å². The Kier molecular flexibility index (Phi) is 4.41. The van der Waals surface area contributed by atoms with E-state index in [1.54, 1.807) is 0 Å². The second-order valence-electron chi connectivity index (χ2n) is 8.27. The molecule has 2 aliphatic heterocycles. The number of piperidine rings is 1. The SMILES string of the molecule is Cc1cn2cc(C3=Cc4ccc(C5CCN(C)CC5)cc4OC3O)nc2c(C)n1. The van der Waals surface area contributed by atoms with E-state index in [4.69, 9.17) is 4.74 Å². The van der Waals surface area contributed by atoms with Gasteiger partial charge in [0.05, 0.1) is 17.1 Å². The second kappa shape index (κ2) is 6.97. The Balaban J connectivity index is 1.49. The van der Waals surface area contributed by atoms with Gasteiger partial charge in [-0.05, 0) is 70.5 Å². The van der Waals surface area contributed by atoms with E-state index < -0.39 is 6.29 Å². The lowest BCUT2D eigenvalue weighted by molar-refractivity contribution is 0.0317. The maximum absolute atomic E-state index is 10.7. The van der Waals surface area contributed by atoms with Crippen molar-refractivity contribution in [2.24, 2.45) is 0 Å². The molecule has 0 spiro atoms. The molecule has 1 fully saturated rings. The lowest BCUT2D eigenvalue weighted by atomic mass is 9.88. The Hall–Kier alpha value is -2.70. The monoisotopic (exact) mass is 390 g/mol. The normalized spacial score (nSPS) is 20.4. The molecular formula is C23H26N4O2. The summed E-state index contributed by atoms with van der Waals surface area (Å²) in [5, 5.41) is 10.7. The number of rotatable bonds is 2. The van der Waals surface area contributed by atoms with E-state index in [1.165, 1.54) is 5.56 Å². The molecule has 1 saturated heterocycles. The fraction of sp³-hybridized carbons (Fsp3) is 0.391. The fourth-order valence-corrected chi connectivity index (χ4v) is 4.43. The largest absolute Gasteiger partial charge is 0.460 e. The summed E-state index contributed by atoms with van der Waals surface area (Å²) >= 11 is 0. The van der Waals surface area contributed by atoms with Crippen molar-refractivity contribution in [2.75, 3.05) is 20.1 Å². The number of hydrogen-bond donors (Lipinski definition) is 1. The van der Waals surface area contributed by atoms with Gasteiger partial charge in [0.2, 0.25) is 6.29 Å². The summed E-state index contributed by atoms with van der Waals surface area (Å²) in [4.78, 5) is 11.5. The first kappa shape index (κ1) is 18.3. The minimum Gasteiger partial charge on any atom is -0.460 e. The Bertz CT molecular complexity index is 1110. The van der Waals surface area contributed by atoms with Crippen LogP contribution >= 0.6 is 0 Å². The molecule has 1 N–H and O–H groups in total. The number of aliphatic hydroxyl groups is 1. The molecule has 4 heterocycles. The van der Waals surface area contributed by atoms with E-state index in [-0.39, 0.29) is 0 Å². The zero-order valence-electron chi connectivity index (χ0n) is 17.1. The molecule has 5 rings (SSSR count). The molecule has 0 saturated carbocycles. The van der Waals surface area contributed by atoms with Crippen LogP contribution in [0.15, 0.2) is 30.6 Å². The Morgan fingerprint density at radius 3 is 2.69 bits per heavy atom. The van der Waals surface area contributed by atoms with Crippen molar-refractivity contribution in [3.05, 3.63) is 58.8 Å². The summed E-state index contributed by atoms with van der Waals surface area (Å²) < 4.78 is 7.87. The van der Waals surface area contributed by atoms with E-state index in [1.807, 2.05) is 36.7 Å². The molecule has 0 bridgehead atoms. The van der Waals surface area contributed by atoms with Crippen LogP contribution in [-0.4, -0.2) is 50.8 Å². The molecule has 1 unspecified atom stereocenters. The Morgan fingerprint density at radius 1 is 1.10 bits per heavy atom. The van der Waals surface area contributed by atoms with Gasteiger partial charge in [-0.1, -0.05) is 12.1 Å². The van der Waals surface area contributed by atoms with Gasteiger partial charge in [0.25, 0.3) is 0 Å². The van der Waals surface area contributed by atoms with Crippen molar-refractivity contribution in [1.29, 1.82) is 0 Å². The number of fused-ring (bicyclic) bond motifs is 2. The number of likely N-dealkylation sites (tertiary alicyclic amines) is 1. The van der Waals surface area contributed by atoms with Crippen LogP contribution in [0.3, 0.4) is 0 Å². The van der Waals surface area contributed by atoms with E-state index in [0.717, 1.165) is 54.3 Å². The summed E-state index contributed by atoms with van der Waals surface area (Å²) in [7, 11) is 2.17. The van der Waals surface area contributed by atoms with E-state index in [9.17, 15) is 5.11 Å². The average molecular weight is 390 g/mol. The number of aryl methyl sites for hydroxylation is 2. The molecule has 29 heavy (non-hydrogen) atoms. The third kappa shape index (κ3) is 3.32. The van der Waals surface area contributed by atoms with Gasteiger partial charge in [0, 0.05) is 23.5 Å². The average Bonchev–Trinajstić information content (AvgIpc) is 3.11. The van der Waals surface area contributed by atoms with Crippen molar-refractivity contribution in [3.63, 3.8) is 0 Å². The molecule has 2 aromatic heterocycles. The van der Waals surface area contributed by atoms with E-state index in [0.29, 0.717) is 17.2 Å². The van der Waals surface area contributed by atoms with Gasteiger partial charge >= 0.3 is 0 Å². The molecule has 1 atom stereocenters. The highest BCUT2D eigenvalue weighted by Crippen LogP contribution is 2.37. The maximum Gasteiger partial charge on any atom is 0.226 e. The molecule has 0 aliphatic carbocycles. The predicted octanol–water partition coefficient (Wildman–Crippen LogP) is 3.41. The van der Waals surface area contributed by atoms with Crippen LogP contribution in [0.2, 0.25) is 0 Å². The molecule has 3 aromatic rings. The Labute approximate surface area is 170 Å². The van der Waals surface area contributed by atoms with Gasteiger partial charge in [-0.15, -0.1) is 0 Å². The summed E-state index contributed by atoms with van der Waals surface area (Å²) in [6.07, 6.45) is 7.14. The lowest BCUT2D eigenvalue weighted by Crippen LogP contribution is -2.29. The van der Waals surface area contributed by atoms with Gasteiger partial charge in [0.15, 0.2) is 5.65 Å². The van der Waals surface area contributed by atoms with E-state index in [2.05, 4.69) is 40.1 Å². The molecular weight excluding hydrogens is 364 g/mol. The van der Waals surface area contributed by atoms with Crippen LogP contribution in [0.5, 0.6) is 5.75 Å². The van der Waals surface area contributed by atoms with Crippen LogP contribution in [0.4, 0.5) is 0 Å². The van der Waals surface area contributed by atoms with Crippen molar-refractivity contribution >= 4 is 17.3 Å². The van der Waals surface area contributed by atoms with Crippen molar-refractivity contribution in [2.45, 2.75) is 38.9 Å². The fourth-order valence-electron chi connectivity index (χ4n) is 4.43. The van der Waals surface area contributed by atoms with Gasteiger partial charge < -0.3 is 19.1 Å². The quantitative estimate of drug-likeness (QED) is 0.727. The summed E-state index contributed by atoms with van der Waals surface area (Å²) in [6, 6.07) is 6.40. The first-order chi connectivity index (χ1) is 14.0. The number of benzene rings is 1. The van der Waals surface area contributed by atoms with Crippen molar-refractivity contribution < 1.29 is 9.84 Å². The lowest BCUT2D eigenvalue weighted by Gasteiger charge is -2.30. The van der Waals surface area contributed by atoms with Crippen LogP contribution < -0.4 is 4.74 Å². The van der Waals surface area contributed by atoms with E-state index >= 15 is 0 Å². The molecule has 2 aliphatic rings. The molecule has 6 heteroatoms. The smallest absolute Gasteiger partial charge is 0.226 e. The highest BCUT2D eigenvalue weighted by molar-refractivity contribution is 5.86. The number of aliphatic hydroxyl groups excluding tert-OH is 1. The minimum absolute atomic E-state index is 0.555. The number of nitrogens with zero attached hydrogens (tertiary/aromatic N) is 4. The van der Waals surface area contributed by atoms with Gasteiger partial charge in [-0.2, -0.15) is 0 Å². The predicted molar refractivity (Wildman–Crippen MR) is 113 cm³/mol. The minimum atomic E-state index is -1.03. The molecule has 6 nitrogen and oxygen atoms in total. The summed E-state index contributed by atoms with van der Waals surface area (Å²) in [6.45, 7) is 6.15. The molecule has 0 radical (unpaired) electrons. The number of hydrogen-bond acceptors (Lipinski definition) is 5. The van der Waals surface area contributed by atoms with Gasteiger partial charge in [-0.25, -0.2) is 4.98 Å². The topological polar surface area (TPSA) is 62.9 Å². The molecule has 150 valence electrons. The standard InChI is InChI=1S/C23H26N4O2/c1-14-12-27-13-20(25-22(27)15(2)24-14)19-10-18-5-4-17(11-21(18)29-23(19)28)16-6-8-26(3)9-7-16/h4-5,10-13,16,23,28H,6-9H2,1-3H3. The zero-order valence-corrected chi connectivity index (χ0v) is 17.1. The molecule has 1 aromatic carbocycles. The van der Waals surface area contributed by atoms with Crippen molar-refractivity contribution in [3.8, 4) is 5.75 Å². The third-order valence-corrected chi connectivity index (χ3v) is 6.06. The molecule has 0 amide bonds. The first-order valence-electron chi connectivity index (χ1n) is 10.2. The van der Waals surface area contributed by atoms with Crippen molar-refractivity contribution in [1.82, 2.24) is 19.3 Å². The van der Waals surface area contributed by atoms with Crippen LogP contribution in [-0.2, 0) is 0 Å². The number of ether oxygens (including phenoxy) is 1.